The molecule has 1 unspecified atom stereocenters. The second-order valence-electron chi connectivity index (χ2n) is 7.64. The van der Waals surface area contributed by atoms with E-state index >= 15 is 0 Å². The molecule has 0 bridgehead atoms. The summed E-state index contributed by atoms with van der Waals surface area (Å²) in [6.07, 6.45) is 4.13. The van der Waals surface area contributed by atoms with Gasteiger partial charge in [0, 0.05) is 24.0 Å². The van der Waals surface area contributed by atoms with Crippen LogP contribution in [-0.4, -0.2) is 35.0 Å². The minimum atomic E-state index is -0.931. The van der Waals surface area contributed by atoms with Crippen LogP contribution >= 0.6 is 23.5 Å². The van der Waals surface area contributed by atoms with Gasteiger partial charge in [-0.3, -0.25) is 14.4 Å². The highest BCUT2D eigenvalue weighted by Gasteiger charge is 2.26. The summed E-state index contributed by atoms with van der Waals surface area (Å²) < 4.78 is 14.1. The summed E-state index contributed by atoms with van der Waals surface area (Å²) >= 11 is 2.59. The third kappa shape index (κ3) is 6.15. The first-order chi connectivity index (χ1) is 15.7. The molecule has 1 aliphatic rings. The minimum absolute atomic E-state index is 0.0422. The normalized spacial score (nSPS) is 14.8. The Labute approximate surface area is 201 Å². The number of fused-ring (bicyclic) bond motifs is 1. The number of amides is 2. The lowest BCUT2D eigenvalue weighted by molar-refractivity contribution is -0.125. The maximum absolute atomic E-state index is 14.1. The third-order valence-corrected chi connectivity index (χ3v) is 7.04. The molecule has 2 amide bonds. The van der Waals surface area contributed by atoms with Crippen molar-refractivity contribution in [3.8, 4) is 0 Å². The summed E-state index contributed by atoms with van der Waals surface area (Å²) in [5.74, 6) is -1.43. The van der Waals surface area contributed by atoms with Crippen LogP contribution in [0.2, 0.25) is 0 Å². The molecule has 0 heterocycles. The maximum Gasteiger partial charge on any atom is 0.240 e. The number of nitrogens with two attached hydrogens (primary N) is 1. The van der Waals surface area contributed by atoms with E-state index in [9.17, 15) is 18.8 Å². The van der Waals surface area contributed by atoms with Gasteiger partial charge in [0.1, 0.15) is 11.9 Å². The average molecular weight is 485 g/mol. The SMILES string of the molecule is CSc1ccc(/C=C2/C(C)=C(CC(=O)SCC(NC(C)=O)C(N)=O)c3cc(F)ccc32)cc1. The predicted octanol–water partition coefficient (Wildman–Crippen LogP) is 4.52. The van der Waals surface area contributed by atoms with Crippen molar-refractivity contribution < 1.29 is 18.8 Å². The van der Waals surface area contributed by atoms with Crippen LogP contribution in [0.4, 0.5) is 4.39 Å². The van der Waals surface area contributed by atoms with Gasteiger partial charge in [0.15, 0.2) is 5.12 Å². The molecule has 0 fully saturated rings. The van der Waals surface area contributed by atoms with E-state index in [-0.39, 0.29) is 23.1 Å². The second-order valence-corrected chi connectivity index (χ2v) is 9.60. The van der Waals surface area contributed by atoms with Gasteiger partial charge in [-0.25, -0.2) is 4.39 Å². The van der Waals surface area contributed by atoms with E-state index in [1.165, 1.54) is 19.1 Å². The van der Waals surface area contributed by atoms with Gasteiger partial charge < -0.3 is 11.1 Å². The number of carbonyl (C=O) groups is 3. The highest BCUT2D eigenvalue weighted by molar-refractivity contribution is 8.13. The molecule has 0 aliphatic heterocycles. The van der Waals surface area contributed by atoms with Crippen molar-refractivity contribution in [2.45, 2.75) is 31.2 Å². The molecule has 3 rings (SSSR count). The summed E-state index contributed by atoms with van der Waals surface area (Å²) in [6.45, 7) is 3.21. The number of halogens is 1. The predicted molar refractivity (Wildman–Crippen MR) is 134 cm³/mol. The molecule has 5 nitrogen and oxygen atoms in total. The van der Waals surface area contributed by atoms with Crippen molar-refractivity contribution in [1.82, 2.24) is 5.32 Å². The standard InChI is InChI=1S/C25H25FN2O3S2/c1-14-20(10-16-4-7-18(32-3)8-5-16)19-9-6-17(26)11-22(19)21(14)12-24(30)33-13-23(25(27)31)28-15(2)29/h4-11,23H,12-13H2,1-3H3,(H2,27,31)(H,28,29)/b20-10-. The number of hydrogen-bond donors (Lipinski definition) is 2. The second kappa shape index (κ2) is 10.9. The Bertz CT molecular complexity index is 1160. The lowest BCUT2D eigenvalue weighted by Crippen LogP contribution is -2.45. The van der Waals surface area contributed by atoms with Gasteiger partial charge in [0.05, 0.1) is 0 Å². The van der Waals surface area contributed by atoms with Crippen LogP contribution in [0.3, 0.4) is 0 Å². The molecule has 1 aliphatic carbocycles. The number of carbonyl (C=O) groups excluding carboxylic acids is 3. The van der Waals surface area contributed by atoms with E-state index in [1.807, 2.05) is 43.5 Å². The van der Waals surface area contributed by atoms with Crippen LogP contribution < -0.4 is 11.1 Å². The van der Waals surface area contributed by atoms with Crippen LogP contribution in [0.25, 0.3) is 17.2 Å². The fraction of sp³-hybridized carbons (Fsp3) is 0.240. The number of rotatable bonds is 8. The molecule has 0 saturated heterocycles. The number of allylic oxidation sites excluding steroid dienone is 3. The Morgan fingerprint density at radius 1 is 1.12 bits per heavy atom. The van der Waals surface area contributed by atoms with Crippen LogP contribution in [0.1, 0.15) is 37.0 Å². The summed E-state index contributed by atoms with van der Waals surface area (Å²) in [5.41, 5.74) is 10.5. The molecule has 3 N–H and O–H groups in total. The highest BCUT2D eigenvalue weighted by atomic mass is 32.2. The van der Waals surface area contributed by atoms with E-state index < -0.39 is 17.9 Å². The third-order valence-electron chi connectivity index (χ3n) is 5.33. The van der Waals surface area contributed by atoms with Gasteiger partial charge in [0.2, 0.25) is 11.8 Å². The van der Waals surface area contributed by atoms with Crippen LogP contribution in [-0.2, 0) is 14.4 Å². The van der Waals surface area contributed by atoms with Gasteiger partial charge in [-0.05, 0) is 76.9 Å². The molecule has 0 spiro atoms. The van der Waals surface area contributed by atoms with Gasteiger partial charge in [-0.15, -0.1) is 11.8 Å². The number of hydrogen-bond acceptors (Lipinski definition) is 5. The number of nitrogens with one attached hydrogen (secondary N) is 1. The Balaban J connectivity index is 1.86. The lowest BCUT2D eigenvalue weighted by Gasteiger charge is -2.13. The first kappa shape index (κ1) is 24.8. The van der Waals surface area contributed by atoms with Gasteiger partial charge in [0.25, 0.3) is 0 Å². The molecular weight excluding hydrogens is 459 g/mol. The molecule has 172 valence electrons. The van der Waals surface area contributed by atoms with Crippen molar-refractivity contribution in [1.29, 1.82) is 0 Å². The van der Waals surface area contributed by atoms with Crippen molar-refractivity contribution in [2.75, 3.05) is 12.0 Å². The number of benzene rings is 2. The quantitative estimate of drug-likeness (QED) is 0.538. The van der Waals surface area contributed by atoms with E-state index in [0.717, 1.165) is 44.5 Å². The molecule has 33 heavy (non-hydrogen) atoms. The highest BCUT2D eigenvalue weighted by Crippen LogP contribution is 2.44. The Hall–Kier alpha value is -2.84. The van der Waals surface area contributed by atoms with E-state index in [2.05, 4.69) is 5.32 Å². The van der Waals surface area contributed by atoms with Crippen molar-refractivity contribution in [3.63, 3.8) is 0 Å². The van der Waals surface area contributed by atoms with Gasteiger partial charge in [-0.1, -0.05) is 30.0 Å². The molecule has 0 radical (unpaired) electrons. The summed E-state index contributed by atoms with van der Waals surface area (Å²) in [6, 6.07) is 11.8. The number of thioether (sulfide) groups is 2. The largest absolute Gasteiger partial charge is 0.368 e. The zero-order valence-electron chi connectivity index (χ0n) is 18.6. The summed E-state index contributed by atoms with van der Waals surface area (Å²) in [5, 5.41) is 2.25. The molecule has 2 aromatic rings. The average Bonchev–Trinajstić information content (AvgIpc) is 3.01. The molecule has 0 saturated carbocycles. The Morgan fingerprint density at radius 3 is 2.42 bits per heavy atom. The lowest BCUT2D eigenvalue weighted by atomic mass is 10.0. The van der Waals surface area contributed by atoms with E-state index in [1.54, 1.807) is 17.8 Å². The first-order valence-electron chi connectivity index (χ1n) is 10.3. The maximum atomic E-state index is 14.1. The zero-order valence-corrected chi connectivity index (χ0v) is 20.2. The van der Waals surface area contributed by atoms with E-state index in [4.69, 9.17) is 5.73 Å². The first-order valence-corrected chi connectivity index (χ1v) is 12.5. The number of primary amides is 1. The Kier molecular flexibility index (Phi) is 8.15. The molecule has 8 heteroatoms. The topological polar surface area (TPSA) is 89.3 Å². The fourth-order valence-electron chi connectivity index (χ4n) is 3.66. The molecule has 1 atom stereocenters. The smallest absolute Gasteiger partial charge is 0.240 e. The minimum Gasteiger partial charge on any atom is -0.368 e. The monoisotopic (exact) mass is 484 g/mol. The van der Waals surface area contributed by atoms with Crippen molar-refractivity contribution in [2.24, 2.45) is 5.73 Å². The van der Waals surface area contributed by atoms with Gasteiger partial charge in [-0.2, -0.15) is 0 Å². The molecule has 0 aromatic heterocycles. The van der Waals surface area contributed by atoms with Crippen LogP contribution in [0.15, 0.2) is 52.9 Å². The molecule has 2 aromatic carbocycles. The summed E-state index contributed by atoms with van der Waals surface area (Å²) in [7, 11) is 0. The molecular formula is C25H25FN2O3S2. The van der Waals surface area contributed by atoms with Crippen molar-refractivity contribution >= 4 is 57.7 Å². The van der Waals surface area contributed by atoms with Crippen LogP contribution in [0, 0.1) is 5.82 Å². The zero-order chi connectivity index (χ0) is 24.1. The Morgan fingerprint density at radius 2 is 1.82 bits per heavy atom. The fourth-order valence-corrected chi connectivity index (χ4v) is 4.91. The van der Waals surface area contributed by atoms with Crippen molar-refractivity contribution in [3.05, 3.63) is 70.5 Å². The van der Waals surface area contributed by atoms with Gasteiger partial charge >= 0.3 is 0 Å². The van der Waals surface area contributed by atoms with E-state index in [0.29, 0.717) is 5.56 Å². The van der Waals surface area contributed by atoms with Crippen LogP contribution in [0.5, 0.6) is 0 Å². The summed E-state index contributed by atoms with van der Waals surface area (Å²) in [4.78, 5) is 36.7.